The zero-order valence-corrected chi connectivity index (χ0v) is 75.6. The molecule has 1 aromatic rings. The van der Waals surface area contributed by atoms with Gasteiger partial charge in [0, 0.05) is 107 Å². The van der Waals surface area contributed by atoms with Crippen LogP contribution in [0.4, 0.5) is 0 Å². The quantitative estimate of drug-likeness (QED) is 0.0306. The molecule has 1 unspecified atom stereocenters. The number of nitrogens with zero attached hydrogens (tertiary/aromatic N) is 2. The zero-order chi connectivity index (χ0) is 93.9. The van der Waals surface area contributed by atoms with Gasteiger partial charge >= 0.3 is 53.7 Å². The summed E-state index contributed by atoms with van der Waals surface area (Å²) in [6.45, 7) is 19.7. The lowest BCUT2D eigenvalue weighted by molar-refractivity contribution is -0.279. The largest absolute Gasteiger partial charge is 0.487 e. The molecule has 3 aliphatic rings. The third-order valence-electron chi connectivity index (χ3n) is 17.2. The van der Waals surface area contributed by atoms with Crippen LogP contribution in [0.25, 0.3) is 0 Å². The second-order valence-corrected chi connectivity index (χ2v) is 30.0. The molecular formula is C80H125N6O40P. The van der Waals surface area contributed by atoms with Gasteiger partial charge in [0.15, 0.2) is 67.0 Å². The number of carbonyl (C=O) groups excluding carboxylic acids is 13. The standard InChI is InChI=1S/C80H125N6O40P/c1-47(2)86(48(3)4)127(116-20-17-18-81)117-41-34-100-21-19-82-77(99)61-42-62(107-35-28-101-22-25-104-31-38-110-78-67(83-49(5)87)74(121-58(14)96)71(118-55(11)93)64(124-78)44-113-52(8)90)70(109-37-30-103-24-27-106-33-40-112-80-69(85-51(7)89)76(123-60(16)98)73(120-57(13)95)66(126-80)46-115-54(10)92)63(43-61)108-36-29-102-23-26-105-32-39-111-79-68(84-50(6)88)75(122-59(15)97)72(119-56(12)94)65(125-79)45-114-53(9)91/h42-43,47-48,64-69,71-76,78-80H,17,19-41,44-46H2,1-16H3,(H,82,99)(H,83,87)(H,84,88)(H,85,89)/t64-,65-,66-,67-,68-,69-,71+,72+,73+,74-,75-,76-,78-,79-,80-,127?/m1/s1. The number of esters is 9. The predicted molar refractivity (Wildman–Crippen MR) is 432 cm³/mol. The summed E-state index contributed by atoms with van der Waals surface area (Å²) in [6, 6.07) is 1.42. The minimum atomic E-state index is -1.54. The van der Waals surface area contributed by atoms with E-state index in [-0.39, 0.29) is 193 Å². The molecule has 47 heteroatoms. The Morgan fingerprint density at radius 2 is 0.654 bits per heavy atom. The lowest BCUT2D eigenvalue weighted by Crippen LogP contribution is -2.66. The van der Waals surface area contributed by atoms with Gasteiger partial charge in [0.2, 0.25) is 23.5 Å². The fourth-order valence-corrected chi connectivity index (χ4v) is 14.1. The number of hydrogen-bond donors (Lipinski definition) is 4. The molecule has 3 saturated heterocycles. The number of nitriles is 1. The molecule has 3 heterocycles. The van der Waals surface area contributed by atoms with E-state index in [1.807, 2.05) is 27.7 Å². The summed E-state index contributed by atoms with van der Waals surface area (Å²) in [6.07, 6.45) is -15.5. The molecule has 0 radical (unpaired) electrons. The van der Waals surface area contributed by atoms with Crippen molar-refractivity contribution in [1.29, 1.82) is 5.26 Å². The van der Waals surface area contributed by atoms with Gasteiger partial charge in [-0.1, -0.05) is 0 Å². The summed E-state index contributed by atoms with van der Waals surface area (Å²) in [5.41, 5.74) is 0.0489. The molecule has 0 aliphatic carbocycles. The van der Waals surface area contributed by atoms with Gasteiger partial charge in [-0.25, -0.2) is 4.67 Å². The SMILES string of the molecule is CC(=O)N[C@H]1[C@H](OCCOCCOCCOc2cc(C(=O)NCCOCCOP(OCCC#N)N(C(C)C)C(C)C)cc(OCCOCCOCCO[C@@H]3O[C@H](COC(C)=O)[C@H](OC(C)=O)[C@H](OC(C)=O)[C@H]3NC(C)=O)c2OCCOCCOCCO[C@@H]2O[C@H](COC(C)=O)[C@H](OC(C)=O)[C@H](OC(C)=O)[C@H]2NC(C)=O)O[C@H](COC(C)=O)[C@H](OC(C)=O)[C@@H]1OC(C)=O. The van der Waals surface area contributed by atoms with Gasteiger partial charge in [0.05, 0.1) is 138 Å². The normalized spacial score (nSPS) is 22.2. The Morgan fingerprint density at radius 3 is 0.953 bits per heavy atom. The van der Waals surface area contributed by atoms with Crippen LogP contribution < -0.4 is 35.5 Å². The van der Waals surface area contributed by atoms with Crippen molar-refractivity contribution < 1.29 is 190 Å². The second kappa shape index (κ2) is 61.5. The van der Waals surface area contributed by atoms with Crippen LogP contribution in [-0.2, 0) is 171 Å². The number of benzene rings is 1. The molecule has 4 rings (SSSR count). The minimum Gasteiger partial charge on any atom is -0.487 e. The van der Waals surface area contributed by atoms with E-state index in [4.69, 9.17) is 133 Å². The van der Waals surface area contributed by atoms with Gasteiger partial charge in [-0.15, -0.1) is 0 Å². The molecule has 0 spiro atoms. The molecule has 4 amide bonds. The average Bonchev–Trinajstić information content (AvgIpc) is 0.796. The first-order chi connectivity index (χ1) is 60.5. The van der Waals surface area contributed by atoms with E-state index >= 15 is 0 Å². The average molecular weight is 1840 g/mol. The molecule has 1 aromatic carbocycles. The summed E-state index contributed by atoms with van der Waals surface area (Å²) in [5, 5.41) is 19.9. The number of nitrogens with one attached hydrogen (secondary N) is 4. The maximum atomic E-state index is 14.2. The molecule has 4 N–H and O–H groups in total. The molecule has 127 heavy (non-hydrogen) atoms. The summed E-state index contributed by atoms with van der Waals surface area (Å²) in [7, 11) is -1.54. The van der Waals surface area contributed by atoms with Gasteiger partial charge in [0.25, 0.3) is 14.4 Å². The summed E-state index contributed by atoms with van der Waals surface area (Å²) < 4.78 is 159. The van der Waals surface area contributed by atoms with Crippen LogP contribution in [0.3, 0.4) is 0 Å². The third kappa shape index (κ3) is 43.8. The topological polar surface area (TPSA) is 546 Å². The molecule has 0 saturated carbocycles. The molecule has 0 bridgehead atoms. The Labute approximate surface area is 738 Å². The molecular weight excluding hydrogens is 1720 g/mol. The van der Waals surface area contributed by atoms with E-state index in [0.717, 1.165) is 62.3 Å². The van der Waals surface area contributed by atoms with Crippen molar-refractivity contribution in [2.75, 3.05) is 172 Å². The highest BCUT2D eigenvalue weighted by Gasteiger charge is 2.54. The Bertz CT molecular complexity index is 3480. The Balaban J connectivity index is 1.54. The molecule has 3 fully saturated rings. The lowest BCUT2D eigenvalue weighted by atomic mass is 9.96. The van der Waals surface area contributed by atoms with Crippen LogP contribution in [-0.4, -0.2) is 358 Å². The van der Waals surface area contributed by atoms with Crippen LogP contribution in [0.5, 0.6) is 17.2 Å². The Hall–Kier alpha value is -8.99. The number of carbonyl (C=O) groups is 13. The van der Waals surface area contributed by atoms with E-state index < -0.39 is 198 Å². The van der Waals surface area contributed by atoms with E-state index in [1.165, 1.54) is 32.9 Å². The summed E-state index contributed by atoms with van der Waals surface area (Å²) in [4.78, 5) is 161. The third-order valence-corrected chi connectivity index (χ3v) is 19.3. The Morgan fingerprint density at radius 1 is 0.370 bits per heavy atom. The highest BCUT2D eigenvalue weighted by atomic mass is 31.2. The van der Waals surface area contributed by atoms with Crippen LogP contribution in [0.2, 0.25) is 0 Å². The minimum absolute atomic E-state index is 0.00899. The highest BCUT2D eigenvalue weighted by Crippen LogP contribution is 2.46. The molecule has 3 aliphatic heterocycles. The first-order valence-electron chi connectivity index (χ1n) is 41.2. The van der Waals surface area contributed by atoms with Gasteiger partial charge in [0.1, 0.15) is 76.1 Å². The van der Waals surface area contributed by atoms with Gasteiger partial charge in [-0.2, -0.15) is 5.26 Å². The second-order valence-electron chi connectivity index (χ2n) is 28.5. The van der Waals surface area contributed by atoms with Crippen molar-refractivity contribution in [2.45, 2.75) is 221 Å². The zero-order valence-electron chi connectivity index (χ0n) is 74.7. The van der Waals surface area contributed by atoms with E-state index in [9.17, 15) is 62.3 Å². The fourth-order valence-electron chi connectivity index (χ4n) is 12.6. The van der Waals surface area contributed by atoms with Crippen molar-refractivity contribution in [3.8, 4) is 23.3 Å². The van der Waals surface area contributed by atoms with Gasteiger partial charge in [-0.05, 0) is 39.8 Å². The maximum Gasteiger partial charge on any atom is 0.303 e. The summed E-state index contributed by atoms with van der Waals surface area (Å²) in [5.74, 6) is -9.00. The van der Waals surface area contributed by atoms with E-state index in [2.05, 4.69) is 32.0 Å². The predicted octanol–water partition coefficient (Wildman–Crippen LogP) is 0.980. The monoisotopic (exact) mass is 1840 g/mol. The number of amides is 4. The highest BCUT2D eigenvalue weighted by molar-refractivity contribution is 7.44. The number of hydrogen-bond acceptors (Lipinski definition) is 42. The molecule has 16 atom stereocenters. The van der Waals surface area contributed by atoms with Crippen molar-refractivity contribution in [3.63, 3.8) is 0 Å². The maximum absolute atomic E-state index is 14.2. The van der Waals surface area contributed by atoms with E-state index in [1.54, 1.807) is 0 Å². The fraction of sp³-hybridized carbons (Fsp3) is 0.750. The van der Waals surface area contributed by atoms with Crippen LogP contribution in [0.1, 0.15) is 128 Å². The molecule has 46 nitrogen and oxygen atoms in total. The van der Waals surface area contributed by atoms with Gasteiger partial charge < -0.3 is 149 Å². The van der Waals surface area contributed by atoms with Crippen LogP contribution >= 0.6 is 8.53 Å². The van der Waals surface area contributed by atoms with Crippen molar-refractivity contribution in [2.24, 2.45) is 0 Å². The summed E-state index contributed by atoms with van der Waals surface area (Å²) >= 11 is 0. The van der Waals surface area contributed by atoms with Crippen molar-refractivity contribution in [1.82, 2.24) is 25.9 Å². The van der Waals surface area contributed by atoms with Crippen LogP contribution in [0.15, 0.2) is 12.1 Å². The smallest absolute Gasteiger partial charge is 0.303 e. The Kier molecular flexibility index (Phi) is 53.4. The molecule has 0 aromatic heterocycles. The van der Waals surface area contributed by atoms with E-state index in [0.29, 0.717) is 0 Å². The molecule has 720 valence electrons. The number of ether oxygens (including phenoxy) is 25. The first-order valence-corrected chi connectivity index (χ1v) is 42.3. The van der Waals surface area contributed by atoms with Crippen molar-refractivity contribution in [3.05, 3.63) is 17.7 Å². The van der Waals surface area contributed by atoms with Crippen molar-refractivity contribution >= 4 is 85.9 Å². The lowest BCUT2D eigenvalue weighted by Gasteiger charge is -2.44. The van der Waals surface area contributed by atoms with Gasteiger partial charge in [-0.3, -0.25) is 62.3 Å². The first kappa shape index (κ1) is 110. The number of rotatable bonds is 62. The van der Waals surface area contributed by atoms with Crippen LogP contribution in [0, 0.1) is 11.3 Å².